The van der Waals surface area contributed by atoms with E-state index in [1.807, 2.05) is 31.5 Å². The number of aryl methyl sites for hydroxylation is 3. The summed E-state index contributed by atoms with van der Waals surface area (Å²) in [6.45, 7) is 5.78. The maximum absolute atomic E-state index is 13.0. The summed E-state index contributed by atoms with van der Waals surface area (Å²) in [4.78, 5) is 24.3. The number of benzene rings is 2. The standard InChI is InChI=1S/C23H25ClN2O5S/c1-13-10-19(24)18-11-20(26(4)22(18)14(13)2)23(28)25-15(3)16-6-8-17(9-7-16)32(29,30)12-21(27)31-5/h6-11,15H,12H2,1-5H3,(H,25,28). The Morgan fingerprint density at radius 3 is 2.38 bits per heavy atom. The summed E-state index contributed by atoms with van der Waals surface area (Å²) in [5.74, 6) is -1.82. The van der Waals surface area contributed by atoms with E-state index >= 15 is 0 Å². The quantitative estimate of drug-likeness (QED) is 0.545. The van der Waals surface area contributed by atoms with Crippen molar-refractivity contribution in [2.45, 2.75) is 31.7 Å². The zero-order valence-corrected chi connectivity index (χ0v) is 20.1. The highest BCUT2D eigenvalue weighted by Crippen LogP contribution is 2.31. The van der Waals surface area contributed by atoms with E-state index in [1.165, 1.54) is 12.1 Å². The molecule has 0 spiro atoms. The van der Waals surface area contributed by atoms with Gasteiger partial charge in [0.2, 0.25) is 0 Å². The fourth-order valence-electron chi connectivity index (χ4n) is 3.63. The molecule has 170 valence electrons. The molecule has 0 aliphatic rings. The van der Waals surface area contributed by atoms with Crippen LogP contribution in [0.3, 0.4) is 0 Å². The van der Waals surface area contributed by atoms with Crippen LogP contribution in [-0.2, 0) is 26.4 Å². The monoisotopic (exact) mass is 476 g/mol. The third-order valence-electron chi connectivity index (χ3n) is 5.64. The molecule has 0 aliphatic heterocycles. The van der Waals surface area contributed by atoms with E-state index in [1.54, 1.807) is 25.1 Å². The molecule has 1 N–H and O–H groups in total. The van der Waals surface area contributed by atoms with E-state index in [2.05, 4.69) is 10.1 Å². The van der Waals surface area contributed by atoms with Crippen LogP contribution in [0.4, 0.5) is 0 Å². The number of carbonyl (C=O) groups is 2. The predicted molar refractivity (Wildman–Crippen MR) is 124 cm³/mol. The van der Waals surface area contributed by atoms with Gasteiger partial charge >= 0.3 is 5.97 Å². The van der Waals surface area contributed by atoms with Crippen molar-refractivity contribution in [1.82, 2.24) is 9.88 Å². The number of methoxy groups -OCH3 is 1. The zero-order valence-electron chi connectivity index (χ0n) is 18.5. The van der Waals surface area contributed by atoms with Crippen molar-refractivity contribution in [2.75, 3.05) is 12.9 Å². The summed E-state index contributed by atoms with van der Waals surface area (Å²) in [7, 11) is -0.829. The maximum atomic E-state index is 13.0. The van der Waals surface area contributed by atoms with Crippen molar-refractivity contribution >= 4 is 44.2 Å². The first-order valence-corrected chi connectivity index (χ1v) is 11.9. The average Bonchev–Trinajstić information content (AvgIpc) is 3.09. The van der Waals surface area contributed by atoms with Crippen LogP contribution in [0, 0.1) is 13.8 Å². The van der Waals surface area contributed by atoms with Gasteiger partial charge in [0, 0.05) is 12.4 Å². The van der Waals surface area contributed by atoms with Gasteiger partial charge in [0.25, 0.3) is 5.91 Å². The van der Waals surface area contributed by atoms with E-state index in [9.17, 15) is 18.0 Å². The highest BCUT2D eigenvalue weighted by atomic mass is 35.5. The van der Waals surface area contributed by atoms with Crippen LogP contribution in [-0.4, -0.2) is 37.7 Å². The first kappa shape index (κ1) is 23.8. The minimum atomic E-state index is -3.79. The Morgan fingerprint density at radius 1 is 1.16 bits per heavy atom. The molecule has 32 heavy (non-hydrogen) atoms. The molecule has 3 aromatic rings. The zero-order chi connectivity index (χ0) is 23.8. The second kappa shape index (κ2) is 8.96. The smallest absolute Gasteiger partial charge is 0.321 e. The first-order valence-electron chi connectivity index (χ1n) is 9.91. The van der Waals surface area contributed by atoms with Gasteiger partial charge in [-0.2, -0.15) is 0 Å². The second-order valence-electron chi connectivity index (χ2n) is 7.75. The van der Waals surface area contributed by atoms with Gasteiger partial charge in [-0.1, -0.05) is 23.7 Å². The van der Waals surface area contributed by atoms with Crippen molar-refractivity contribution in [3.05, 3.63) is 63.8 Å². The number of carbonyl (C=O) groups excluding carboxylic acids is 2. The number of esters is 1. The molecule has 3 rings (SSSR count). The summed E-state index contributed by atoms with van der Waals surface area (Å²) < 4.78 is 30.8. The number of ether oxygens (including phenoxy) is 1. The number of rotatable bonds is 6. The number of halogens is 1. The second-order valence-corrected chi connectivity index (χ2v) is 10.1. The van der Waals surface area contributed by atoms with Gasteiger partial charge in [-0.15, -0.1) is 0 Å². The number of fused-ring (bicyclic) bond motifs is 1. The molecule has 0 saturated heterocycles. The van der Waals surface area contributed by atoms with E-state index in [-0.39, 0.29) is 16.8 Å². The van der Waals surface area contributed by atoms with E-state index in [0.717, 1.165) is 34.7 Å². The Morgan fingerprint density at radius 2 is 1.78 bits per heavy atom. The fourth-order valence-corrected chi connectivity index (χ4v) is 5.09. The van der Waals surface area contributed by atoms with Crippen LogP contribution in [0.5, 0.6) is 0 Å². The third-order valence-corrected chi connectivity index (χ3v) is 7.55. The molecule has 7 nitrogen and oxygen atoms in total. The van der Waals surface area contributed by atoms with Crippen LogP contribution in [0.1, 0.15) is 40.1 Å². The molecule has 0 saturated carbocycles. The molecule has 0 radical (unpaired) electrons. The van der Waals surface area contributed by atoms with Gasteiger partial charge in [-0.25, -0.2) is 8.42 Å². The molecule has 9 heteroatoms. The molecular weight excluding hydrogens is 452 g/mol. The minimum Gasteiger partial charge on any atom is -0.468 e. The van der Waals surface area contributed by atoms with Crippen molar-refractivity contribution in [2.24, 2.45) is 7.05 Å². The number of hydrogen-bond donors (Lipinski definition) is 1. The Kier molecular flexibility index (Phi) is 6.67. The Hall–Kier alpha value is -2.84. The van der Waals surface area contributed by atoms with Gasteiger partial charge in [0.15, 0.2) is 15.6 Å². The molecule has 1 amide bonds. The molecule has 1 unspecified atom stereocenters. The highest BCUT2D eigenvalue weighted by molar-refractivity contribution is 7.92. The van der Waals surface area contributed by atoms with Crippen LogP contribution in [0.25, 0.3) is 10.9 Å². The molecule has 2 aromatic carbocycles. The van der Waals surface area contributed by atoms with Crippen LogP contribution in [0.15, 0.2) is 41.3 Å². The molecule has 1 aromatic heterocycles. The lowest BCUT2D eigenvalue weighted by Gasteiger charge is -2.15. The number of hydrogen-bond acceptors (Lipinski definition) is 5. The molecule has 0 fully saturated rings. The van der Waals surface area contributed by atoms with Crippen molar-refractivity contribution in [3.8, 4) is 0 Å². The molecule has 0 aliphatic carbocycles. The summed E-state index contributed by atoms with van der Waals surface area (Å²) >= 11 is 6.40. The average molecular weight is 477 g/mol. The molecule has 1 heterocycles. The normalized spacial score (nSPS) is 12.6. The van der Waals surface area contributed by atoms with Gasteiger partial charge in [0.1, 0.15) is 5.69 Å². The van der Waals surface area contributed by atoms with E-state index in [4.69, 9.17) is 11.6 Å². The van der Waals surface area contributed by atoms with Gasteiger partial charge < -0.3 is 14.6 Å². The minimum absolute atomic E-state index is 0.0133. The summed E-state index contributed by atoms with van der Waals surface area (Å²) in [5.41, 5.74) is 4.21. The van der Waals surface area contributed by atoms with Crippen molar-refractivity contribution in [3.63, 3.8) is 0 Å². The maximum Gasteiger partial charge on any atom is 0.321 e. The SMILES string of the molecule is COC(=O)CS(=O)(=O)c1ccc(C(C)NC(=O)c2cc3c(Cl)cc(C)c(C)c3n2C)cc1. The van der Waals surface area contributed by atoms with E-state index < -0.39 is 21.6 Å². The number of nitrogens with zero attached hydrogens (tertiary/aromatic N) is 1. The summed E-state index contributed by atoms with van der Waals surface area (Å²) in [6, 6.07) is 9.34. The van der Waals surface area contributed by atoms with Gasteiger partial charge in [-0.3, -0.25) is 9.59 Å². The first-order chi connectivity index (χ1) is 15.0. The topological polar surface area (TPSA) is 94.5 Å². The van der Waals surface area contributed by atoms with Crippen LogP contribution < -0.4 is 5.32 Å². The van der Waals surface area contributed by atoms with Crippen LogP contribution >= 0.6 is 11.6 Å². The highest BCUT2D eigenvalue weighted by Gasteiger charge is 2.22. The molecule has 0 bridgehead atoms. The fraction of sp³-hybridized carbons (Fsp3) is 0.304. The summed E-state index contributed by atoms with van der Waals surface area (Å²) in [5, 5.41) is 4.35. The molecule has 1 atom stereocenters. The lowest BCUT2D eigenvalue weighted by atomic mass is 10.1. The van der Waals surface area contributed by atoms with E-state index in [0.29, 0.717) is 10.7 Å². The van der Waals surface area contributed by atoms with Gasteiger partial charge in [-0.05, 0) is 61.7 Å². The number of sulfone groups is 1. The molecular formula is C23H25ClN2O5S. The number of aromatic nitrogens is 1. The van der Waals surface area contributed by atoms with Crippen molar-refractivity contribution in [1.29, 1.82) is 0 Å². The number of nitrogens with one attached hydrogen (secondary N) is 1. The Bertz CT molecular complexity index is 1310. The predicted octanol–water partition coefficient (Wildman–Crippen LogP) is 3.89. The lowest BCUT2D eigenvalue weighted by Crippen LogP contribution is -2.28. The third kappa shape index (κ3) is 4.52. The van der Waals surface area contributed by atoms with Crippen LogP contribution in [0.2, 0.25) is 5.02 Å². The summed E-state index contributed by atoms with van der Waals surface area (Å²) in [6.07, 6.45) is 0. The van der Waals surface area contributed by atoms with Crippen molar-refractivity contribution < 1.29 is 22.7 Å². The Balaban J connectivity index is 1.82. The van der Waals surface area contributed by atoms with Gasteiger partial charge in [0.05, 0.1) is 28.6 Å². The largest absolute Gasteiger partial charge is 0.468 e. The lowest BCUT2D eigenvalue weighted by molar-refractivity contribution is -0.137. The Labute approximate surface area is 192 Å². The number of amides is 1.